The fourth-order valence-electron chi connectivity index (χ4n) is 2.42. The fourth-order valence-corrected chi connectivity index (χ4v) is 2.90. The Labute approximate surface area is 157 Å². The Bertz CT molecular complexity index is 1010. The Morgan fingerprint density at radius 1 is 1.08 bits per heavy atom. The molecular weight excluding hydrogens is 406 g/mol. The second-order valence-electron chi connectivity index (χ2n) is 5.65. The molecule has 0 amide bonds. The fraction of sp³-hybridized carbons (Fsp3) is 0.105. The van der Waals surface area contributed by atoms with E-state index in [4.69, 9.17) is 10.5 Å². The van der Waals surface area contributed by atoms with Gasteiger partial charge in [-0.05, 0) is 45.8 Å². The van der Waals surface area contributed by atoms with Crippen LogP contribution in [0.3, 0.4) is 0 Å². The van der Waals surface area contributed by atoms with E-state index >= 15 is 0 Å². The van der Waals surface area contributed by atoms with E-state index in [1.54, 1.807) is 18.3 Å². The van der Waals surface area contributed by atoms with Crippen LogP contribution in [0.5, 0.6) is 5.75 Å². The van der Waals surface area contributed by atoms with E-state index in [9.17, 15) is 13.6 Å². The molecule has 7 heteroatoms. The van der Waals surface area contributed by atoms with Crippen molar-refractivity contribution in [1.82, 2.24) is 4.57 Å². The van der Waals surface area contributed by atoms with Gasteiger partial charge >= 0.3 is 0 Å². The summed E-state index contributed by atoms with van der Waals surface area (Å²) in [4.78, 5) is 12.5. The van der Waals surface area contributed by atoms with Crippen LogP contribution in [0.15, 0.2) is 64.0 Å². The molecule has 0 radical (unpaired) electrons. The average molecular weight is 421 g/mol. The smallest absolute Gasteiger partial charge is 0.268 e. The second kappa shape index (κ2) is 7.70. The molecule has 2 aromatic carbocycles. The summed E-state index contributed by atoms with van der Waals surface area (Å²) >= 11 is 3.22. The maximum atomic E-state index is 13.7. The normalized spacial score (nSPS) is 10.7. The van der Waals surface area contributed by atoms with Crippen molar-refractivity contribution in [1.29, 1.82) is 0 Å². The number of nitrogens with zero attached hydrogens (tertiary/aromatic N) is 1. The molecule has 4 nitrogen and oxygen atoms in total. The number of anilines is 1. The van der Waals surface area contributed by atoms with Crippen LogP contribution >= 0.6 is 15.9 Å². The molecule has 134 valence electrons. The lowest BCUT2D eigenvalue weighted by Crippen LogP contribution is -2.21. The number of nitrogens with two attached hydrogens (primary N) is 1. The molecule has 26 heavy (non-hydrogen) atoms. The van der Waals surface area contributed by atoms with Crippen molar-refractivity contribution < 1.29 is 13.5 Å². The van der Waals surface area contributed by atoms with E-state index in [-0.39, 0.29) is 28.0 Å². The molecule has 0 saturated carbocycles. The number of hydrogen-bond acceptors (Lipinski definition) is 3. The number of pyridine rings is 1. The van der Waals surface area contributed by atoms with E-state index in [1.807, 2.05) is 18.2 Å². The van der Waals surface area contributed by atoms with Crippen LogP contribution in [0.2, 0.25) is 0 Å². The molecule has 0 aliphatic carbocycles. The van der Waals surface area contributed by atoms with Crippen LogP contribution < -0.4 is 16.0 Å². The van der Waals surface area contributed by atoms with Gasteiger partial charge in [-0.2, -0.15) is 0 Å². The van der Waals surface area contributed by atoms with Gasteiger partial charge in [-0.15, -0.1) is 0 Å². The SMILES string of the molecule is Nc1ccccc1Cn1ccc(OCc2ccc(F)cc2F)c(Br)c1=O. The first-order valence-corrected chi connectivity index (χ1v) is 8.54. The zero-order valence-electron chi connectivity index (χ0n) is 13.6. The maximum absolute atomic E-state index is 13.7. The molecule has 2 N–H and O–H groups in total. The number of rotatable bonds is 5. The van der Waals surface area contributed by atoms with Crippen LogP contribution in [0.25, 0.3) is 0 Å². The van der Waals surface area contributed by atoms with Crippen LogP contribution in [0.4, 0.5) is 14.5 Å². The van der Waals surface area contributed by atoms with E-state index in [0.717, 1.165) is 17.7 Å². The molecule has 1 heterocycles. The van der Waals surface area contributed by atoms with Gasteiger partial charge in [-0.1, -0.05) is 18.2 Å². The van der Waals surface area contributed by atoms with Gasteiger partial charge in [0, 0.05) is 23.5 Å². The average Bonchev–Trinajstić information content (AvgIpc) is 2.61. The minimum absolute atomic E-state index is 0.125. The zero-order chi connectivity index (χ0) is 18.7. The molecule has 0 aliphatic heterocycles. The molecule has 0 unspecified atom stereocenters. The lowest BCUT2D eigenvalue weighted by molar-refractivity contribution is 0.296. The van der Waals surface area contributed by atoms with Crippen LogP contribution in [-0.2, 0) is 13.2 Å². The molecule has 0 bridgehead atoms. The molecule has 0 fully saturated rings. The van der Waals surface area contributed by atoms with Crippen molar-refractivity contribution in [2.75, 3.05) is 5.73 Å². The molecule has 3 rings (SSSR count). The zero-order valence-corrected chi connectivity index (χ0v) is 15.2. The van der Waals surface area contributed by atoms with Crippen LogP contribution in [0.1, 0.15) is 11.1 Å². The monoisotopic (exact) mass is 420 g/mol. The summed E-state index contributed by atoms with van der Waals surface area (Å²) in [6.45, 7) is 0.191. The van der Waals surface area contributed by atoms with Crippen molar-refractivity contribution in [2.24, 2.45) is 0 Å². The van der Waals surface area contributed by atoms with Gasteiger partial charge in [-0.3, -0.25) is 4.79 Å². The summed E-state index contributed by atoms with van der Waals surface area (Å²) in [5, 5.41) is 0. The molecule has 0 aliphatic rings. The minimum atomic E-state index is -0.700. The number of benzene rings is 2. The Kier molecular flexibility index (Phi) is 5.37. The standard InChI is InChI=1S/C19H15BrF2N2O2/c20-18-17(26-11-13-5-6-14(21)9-15(13)22)7-8-24(19(18)25)10-12-3-1-2-4-16(12)23/h1-9H,10-11,23H2. The summed E-state index contributed by atoms with van der Waals surface area (Å²) < 4.78 is 33.8. The van der Waals surface area contributed by atoms with Crippen molar-refractivity contribution in [3.05, 3.63) is 92.3 Å². The van der Waals surface area contributed by atoms with Gasteiger partial charge in [0.15, 0.2) is 0 Å². The Morgan fingerprint density at radius 2 is 1.85 bits per heavy atom. The highest BCUT2D eigenvalue weighted by molar-refractivity contribution is 9.10. The summed E-state index contributed by atoms with van der Waals surface area (Å²) in [7, 11) is 0. The topological polar surface area (TPSA) is 57.2 Å². The van der Waals surface area contributed by atoms with Crippen molar-refractivity contribution in [2.45, 2.75) is 13.2 Å². The highest BCUT2D eigenvalue weighted by Gasteiger charge is 2.11. The van der Waals surface area contributed by atoms with E-state index < -0.39 is 11.6 Å². The highest BCUT2D eigenvalue weighted by atomic mass is 79.9. The van der Waals surface area contributed by atoms with Crippen LogP contribution in [0, 0.1) is 11.6 Å². The predicted molar refractivity (Wildman–Crippen MR) is 99.0 cm³/mol. The van der Waals surface area contributed by atoms with Gasteiger partial charge < -0.3 is 15.0 Å². The lowest BCUT2D eigenvalue weighted by atomic mass is 10.2. The highest BCUT2D eigenvalue weighted by Crippen LogP contribution is 2.23. The molecule has 0 atom stereocenters. The Morgan fingerprint density at radius 3 is 2.58 bits per heavy atom. The lowest BCUT2D eigenvalue weighted by Gasteiger charge is -2.12. The van der Waals surface area contributed by atoms with Crippen molar-refractivity contribution >= 4 is 21.6 Å². The van der Waals surface area contributed by atoms with Gasteiger partial charge in [0.2, 0.25) is 0 Å². The van der Waals surface area contributed by atoms with Gasteiger partial charge in [-0.25, -0.2) is 8.78 Å². The summed E-state index contributed by atoms with van der Waals surface area (Å²) in [5.41, 5.74) is 7.23. The van der Waals surface area contributed by atoms with E-state index in [2.05, 4.69) is 15.9 Å². The number of halogens is 3. The Balaban J connectivity index is 1.79. The molecule has 3 aromatic rings. The van der Waals surface area contributed by atoms with E-state index in [1.165, 1.54) is 10.6 Å². The third-order valence-corrected chi connectivity index (χ3v) is 4.59. The number of nitrogen functional groups attached to an aromatic ring is 1. The number of ether oxygens (including phenoxy) is 1. The summed E-state index contributed by atoms with van der Waals surface area (Å²) in [5.74, 6) is -1.08. The summed E-state index contributed by atoms with van der Waals surface area (Å²) in [6, 6.07) is 12.1. The number of para-hydroxylation sites is 1. The van der Waals surface area contributed by atoms with Gasteiger partial charge in [0.25, 0.3) is 5.56 Å². The molecule has 0 saturated heterocycles. The summed E-state index contributed by atoms with van der Waals surface area (Å²) in [6.07, 6.45) is 1.58. The number of hydrogen-bond donors (Lipinski definition) is 1. The van der Waals surface area contributed by atoms with Crippen molar-refractivity contribution in [3.8, 4) is 5.75 Å². The predicted octanol–water partition coefficient (Wildman–Crippen LogP) is 4.10. The Hall–Kier alpha value is -2.67. The first-order valence-electron chi connectivity index (χ1n) is 7.75. The quantitative estimate of drug-likeness (QED) is 0.632. The number of aromatic nitrogens is 1. The largest absolute Gasteiger partial charge is 0.487 e. The molecular formula is C19H15BrF2N2O2. The minimum Gasteiger partial charge on any atom is -0.487 e. The van der Waals surface area contributed by atoms with Gasteiger partial charge in [0.1, 0.15) is 28.5 Å². The third-order valence-electron chi connectivity index (χ3n) is 3.86. The van der Waals surface area contributed by atoms with Crippen LogP contribution in [-0.4, -0.2) is 4.57 Å². The first kappa shape index (κ1) is 18.1. The van der Waals surface area contributed by atoms with Gasteiger partial charge in [0.05, 0.1) is 6.54 Å². The van der Waals surface area contributed by atoms with E-state index in [0.29, 0.717) is 12.2 Å². The third kappa shape index (κ3) is 3.94. The first-order chi connectivity index (χ1) is 12.5. The second-order valence-corrected chi connectivity index (χ2v) is 6.44. The molecule has 0 spiro atoms. The molecule has 1 aromatic heterocycles. The maximum Gasteiger partial charge on any atom is 0.268 e. The van der Waals surface area contributed by atoms with Crippen molar-refractivity contribution in [3.63, 3.8) is 0 Å².